The fraction of sp³-hybridized carbons (Fsp3) is 0.389. The highest BCUT2D eigenvalue weighted by Gasteiger charge is 2.50. The smallest absolute Gasteiger partial charge is 0.276 e. The van der Waals surface area contributed by atoms with E-state index in [2.05, 4.69) is 25.6 Å². The summed E-state index contributed by atoms with van der Waals surface area (Å²) in [6.45, 7) is 1.71. The van der Waals surface area contributed by atoms with Crippen LogP contribution in [0.4, 0.5) is 20.3 Å². The van der Waals surface area contributed by atoms with Gasteiger partial charge in [0.15, 0.2) is 5.82 Å². The third kappa shape index (κ3) is 2.71. The maximum Gasteiger partial charge on any atom is 0.276 e. The first-order valence-corrected chi connectivity index (χ1v) is 9.96. The number of aryl methyl sites for hydroxylation is 1. The van der Waals surface area contributed by atoms with E-state index in [0.29, 0.717) is 21.7 Å². The second-order valence-electron chi connectivity index (χ2n) is 7.43. The molecule has 0 unspecified atom stereocenters. The van der Waals surface area contributed by atoms with Gasteiger partial charge in [-0.1, -0.05) is 0 Å². The van der Waals surface area contributed by atoms with Gasteiger partial charge in [-0.15, -0.1) is 11.3 Å². The Morgan fingerprint density at radius 1 is 1.17 bits per heavy atom. The number of pyridine rings is 1. The molecule has 0 radical (unpaired) electrons. The first-order valence-electron chi connectivity index (χ1n) is 9.08. The number of carbonyl (C=O) groups excluding carboxylic acids is 1. The maximum absolute atomic E-state index is 13.7. The summed E-state index contributed by atoms with van der Waals surface area (Å²) in [6, 6.07) is 1.57. The average Bonchev–Trinajstić information content (AvgIpc) is 3.26. The molecule has 1 amide bonds. The number of nitrogens with zero attached hydrogens (tertiary/aromatic N) is 4. The molecule has 0 bridgehead atoms. The monoisotopic (exact) mass is 418 g/mol. The van der Waals surface area contributed by atoms with Crippen molar-refractivity contribution in [3.63, 3.8) is 0 Å². The summed E-state index contributed by atoms with van der Waals surface area (Å²) < 4.78 is 28.8. The molecular weight excluding hydrogens is 402 g/mol. The third-order valence-electron chi connectivity index (χ3n) is 5.58. The highest BCUT2D eigenvalue weighted by Crippen LogP contribution is 2.43. The summed E-state index contributed by atoms with van der Waals surface area (Å²) >= 11 is 1.35. The highest BCUT2D eigenvalue weighted by molar-refractivity contribution is 7.16. The van der Waals surface area contributed by atoms with E-state index < -0.39 is 23.1 Å². The Bertz CT molecular complexity index is 1210. The number of thiazole rings is 1. The summed E-state index contributed by atoms with van der Waals surface area (Å²) in [5, 5.41) is 5.79. The zero-order valence-corrected chi connectivity index (χ0v) is 16.1. The number of hydrogen-bond acceptors (Lipinski definition) is 7. The number of amides is 1. The van der Waals surface area contributed by atoms with Crippen molar-refractivity contribution >= 4 is 39.1 Å². The molecule has 3 aromatic rings. The topological polar surface area (TPSA) is 102 Å². The standard InChI is InChI=1S/C18H16F2N6O2S/c1-9-6-10(24-13-11-15(22-7-21-13)29-8-23-11)16(28)26-12(9)14(27)25-18(26)4-2-17(19,20)3-5-18/h6-8H,2-5H2,1H3,(H,25,27)(H,21,22,24). The van der Waals surface area contributed by atoms with E-state index in [4.69, 9.17) is 0 Å². The molecular formula is C18H16F2N6O2S. The Balaban J connectivity index is 1.63. The normalized spacial score (nSPS) is 19.3. The summed E-state index contributed by atoms with van der Waals surface area (Å²) in [5.74, 6) is -2.83. The van der Waals surface area contributed by atoms with Gasteiger partial charge in [0.2, 0.25) is 5.92 Å². The lowest BCUT2D eigenvalue weighted by Gasteiger charge is -2.38. The summed E-state index contributed by atoms with van der Waals surface area (Å²) in [7, 11) is 0. The molecule has 0 aromatic carbocycles. The molecule has 1 aliphatic carbocycles. The van der Waals surface area contributed by atoms with Crippen LogP contribution in [0.15, 0.2) is 22.7 Å². The van der Waals surface area contributed by atoms with Crippen molar-refractivity contribution in [2.75, 3.05) is 5.32 Å². The molecule has 1 fully saturated rings. The number of fused-ring (bicyclic) bond motifs is 3. The molecule has 2 aliphatic rings. The Morgan fingerprint density at radius 2 is 1.93 bits per heavy atom. The van der Waals surface area contributed by atoms with Crippen LogP contribution < -0.4 is 16.2 Å². The molecule has 2 N–H and O–H groups in total. The van der Waals surface area contributed by atoms with E-state index in [1.165, 1.54) is 22.2 Å². The lowest BCUT2D eigenvalue weighted by molar-refractivity contribution is -0.0667. The van der Waals surface area contributed by atoms with Gasteiger partial charge in [0, 0.05) is 12.8 Å². The van der Waals surface area contributed by atoms with E-state index in [0.717, 1.165) is 0 Å². The predicted octanol–water partition coefficient (Wildman–Crippen LogP) is 2.91. The number of anilines is 2. The Hall–Kier alpha value is -2.95. The molecule has 0 saturated heterocycles. The van der Waals surface area contributed by atoms with Crippen LogP contribution in [0.2, 0.25) is 0 Å². The predicted molar refractivity (Wildman–Crippen MR) is 103 cm³/mol. The Labute approximate surface area is 167 Å². The number of halogens is 2. The van der Waals surface area contributed by atoms with E-state index in [1.54, 1.807) is 18.5 Å². The molecule has 5 rings (SSSR count). The van der Waals surface area contributed by atoms with Crippen LogP contribution in [-0.2, 0) is 5.66 Å². The molecule has 29 heavy (non-hydrogen) atoms. The van der Waals surface area contributed by atoms with Crippen LogP contribution in [0, 0.1) is 6.92 Å². The van der Waals surface area contributed by atoms with E-state index in [9.17, 15) is 18.4 Å². The average molecular weight is 418 g/mol. The van der Waals surface area contributed by atoms with E-state index in [-0.39, 0.29) is 37.1 Å². The molecule has 150 valence electrons. The minimum Gasteiger partial charge on any atom is -0.334 e. The maximum atomic E-state index is 13.7. The number of rotatable bonds is 2. The summed E-state index contributed by atoms with van der Waals surface area (Å²) in [4.78, 5) is 39.1. The number of aromatic nitrogens is 4. The van der Waals surface area contributed by atoms with Gasteiger partial charge in [-0.2, -0.15) is 0 Å². The molecule has 3 aromatic heterocycles. The zero-order valence-electron chi connectivity index (χ0n) is 15.3. The zero-order chi connectivity index (χ0) is 20.4. The molecule has 1 saturated carbocycles. The van der Waals surface area contributed by atoms with Gasteiger partial charge in [0.1, 0.15) is 33.7 Å². The molecule has 8 nitrogen and oxygen atoms in total. The van der Waals surface area contributed by atoms with Gasteiger partial charge in [0.05, 0.1) is 5.51 Å². The van der Waals surface area contributed by atoms with Gasteiger partial charge in [-0.25, -0.2) is 23.7 Å². The van der Waals surface area contributed by atoms with Gasteiger partial charge in [0.25, 0.3) is 11.5 Å². The first kappa shape index (κ1) is 18.1. The SMILES string of the molecule is Cc1cc(Nc2ncnc3scnc23)c(=O)n2c1C(=O)NC21CCC(F)(F)CC1. The minimum atomic E-state index is -2.79. The number of hydrogen-bond donors (Lipinski definition) is 2. The minimum absolute atomic E-state index is 0.00855. The van der Waals surface area contributed by atoms with E-state index >= 15 is 0 Å². The Kier molecular flexibility index (Phi) is 3.76. The van der Waals surface area contributed by atoms with Gasteiger partial charge < -0.3 is 10.6 Å². The Morgan fingerprint density at radius 3 is 2.69 bits per heavy atom. The largest absolute Gasteiger partial charge is 0.334 e. The lowest BCUT2D eigenvalue weighted by atomic mass is 9.86. The second-order valence-corrected chi connectivity index (χ2v) is 8.26. The number of carbonyl (C=O) groups is 1. The van der Waals surface area contributed by atoms with Crippen LogP contribution in [0.3, 0.4) is 0 Å². The molecule has 1 aliphatic heterocycles. The van der Waals surface area contributed by atoms with Crippen molar-refractivity contribution in [2.45, 2.75) is 44.2 Å². The van der Waals surface area contributed by atoms with Gasteiger partial charge in [-0.3, -0.25) is 14.2 Å². The van der Waals surface area contributed by atoms with Crippen molar-refractivity contribution in [3.8, 4) is 0 Å². The van der Waals surface area contributed by atoms with Gasteiger partial charge in [-0.05, 0) is 31.4 Å². The molecule has 4 heterocycles. The van der Waals surface area contributed by atoms with Crippen LogP contribution in [0.25, 0.3) is 10.3 Å². The quantitative estimate of drug-likeness (QED) is 0.664. The fourth-order valence-corrected chi connectivity index (χ4v) is 4.77. The van der Waals surface area contributed by atoms with E-state index in [1.807, 2.05) is 0 Å². The summed E-state index contributed by atoms with van der Waals surface area (Å²) in [6.07, 6.45) is 0.579. The first-order chi connectivity index (χ1) is 13.8. The number of nitrogens with one attached hydrogen (secondary N) is 2. The molecule has 0 atom stereocenters. The van der Waals surface area contributed by atoms with Crippen LogP contribution in [0.5, 0.6) is 0 Å². The van der Waals surface area contributed by atoms with Crippen molar-refractivity contribution in [1.82, 2.24) is 24.8 Å². The highest BCUT2D eigenvalue weighted by atomic mass is 32.1. The molecule has 11 heteroatoms. The summed E-state index contributed by atoms with van der Waals surface area (Å²) in [5.41, 5.74) is 1.56. The molecule has 1 spiro atoms. The van der Waals surface area contributed by atoms with Crippen LogP contribution in [-0.4, -0.2) is 31.3 Å². The third-order valence-corrected chi connectivity index (χ3v) is 6.31. The lowest BCUT2D eigenvalue weighted by Crippen LogP contribution is -2.51. The van der Waals surface area contributed by atoms with Crippen molar-refractivity contribution in [2.24, 2.45) is 0 Å². The van der Waals surface area contributed by atoms with Gasteiger partial charge >= 0.3 is 0 Å². The van der Waals surface area contributed by atoms with Crippen LogP contribution >= 0.6 is 11.3 Å². The van der Waals surface area contributed by atoms with Crippen molar-refractivity contribution in [1.29, 1.82) is 0 Å². The van der Waals surface area contributed by atoms with Crippen molar-refractivity contribution in [3.05, 3.63) is 39.5 Å². The second kappa shape index (κ2) is 6.02. The van der Waals surface area contributed by atoms with Crippen LogP contribution in [0.1, 0.15) is 41.7 Å². The number of alkyl halides is 2. The fourth-order valence-electron chi connectivity index (χ4n) is 4.14. The van der Waals surface area contributed by atoms with Crippen molar-refractivity contribution < 1.29 is 13.6 Å².